The SMILES string of the molecule is CC(=O)Nc1ccc(N(S)C(=O)Nc2cc(Cl)c(Cl)c(Cl)c2)cc1. The van der Waals surface area contributed by atoms with E-state index in [-0.39, 0.29) is 21.0 Å². The van der Waals surface area contributed by atoms with Gasteiger partial charge in [-0.2, -0.15) is 0 Å². The topological polar surface area (TPSA) is 61.4 Å². The molecule has 0 bridgehead atoms. The first-order valence-electron chi connectivity index (χ1n) is 6.60. The molecule has 0 heterocycles. The number of amides is 3. The second kappa shape index (κ2) is 7.98. The Morgan fingerprint density at radius 1 is 0.958 bits per heavy atom. The number of urea groups is 1. The van der Waals surface area contributed by atoms with E-state index in [9.17, 15) is 9.59 Å². The van der Waals surface area contributed by atoms with Gasteiger partial charge in [0.2, 0.25) is 5.91 Å². The lowest BCUT2D eigenvalue weighted by Crippen LogP contribution is -2.26. The van der Waals surface area contributed by atoms with E-state index < -0.39 is 6.03 Å². The van der Waals surface area contributed by atoms with Crippen molar-refractivity contribution in [2.45, 2.75) is 6.92 Å². The number of halogens is 3. The Bertz CT molecular complexity index is 761. The van der Waals surface area contributed by atoms with Crippen molar-refractivity contribution in [2.24, 2.45) is 0 Å². The Morgan fingerprint density at radius 3 is 2.00 bits per heavy atom. The number of carbonyl (C=O) groups is 2. The van der Waals surface area contributed by atoms with Gasteiger partial charge in [-0.05, 0) is 36.4 Å². The third-order valence-electron chi connectivity index (χ3n) is 2.86. The molecule has 0 radical (unpaired) electrons. The molecule has 0 saturated carbocycles. The molecule has 2 aromatic carbocycles. The minimum absolute atomic E-state index is 0.181. The molecule has 3 amide bonds. The van der Waals surface area contributed by atoms with Crippen LogP contribution in [0.5, 0.6) is 0 Å². The predicted octanol–water partition coefficient (Wildman–Crippen LogP) is 5.49. The molecule has 0 saturated heterocycles. The van der Waals surface area contributed by atoms with Gasteiger partial charge >= 0.3 is 6.03 Å². The van der Waals surface area contributed by atoms with E-state index in [0.29, 0.717) is 17.1 Å². The van der Waals surface area contributed by atoms with Gasteiger partial charge in [-0.15, -0.1) is 0 Å². The Hall–Kier alpha value is -1.60. The summed E-state index contributed by atoms with van der Waals surface area (Å²) in [7, 11) is 0. The fraction of sp³-hybridized carbons (Fsp3) is 0.0667. The average molecular weight is 405 g/mol. The van der Waals surface area contributed by atoms with Gasteiger partial charge < -0.3 is 10.6 Å². The molecule has 0 aromatic heterocycles. The highest BCUT2D eigenvalue weighted by atomic mass is 35.5. The highest BCUT2D eigenvalue weighted by molar-refractivity contribution is 7.82. The molecule has 0 spiro atoms. The number of thiol groups is 1. The van der Waals surface area contributed by atoms with Crippen molar-refractivity contribution in [3.05, 3.63) is 51.5 Å². The van der Waals surface area contributed by atoms with Gasteiger partial charge in [-0.3, -0.25) is 4.79 Å². The summed E-state index contributed by atoms with van der Waals surface area (Å²) < 4.78 is 1.11. The summed E-state index contributed by atoms with van der Waals surface area (Å²) in [6, 6.07) is 9.04. The molecule has 126 valence electrons. The van der Waals surface area contributed by atoms with Gasteiger partial charge in [0, 0.05) is 18.3 Å². The summed E-state index contributed by atoms with van der Waals surface area (Å²) >= 11 is 21.9. The summed E-state index contributed by atoms with van der Waals surface area (Å²) in [5.41, 5.74) is 1.51. The van der Waals surface area contributed by atoms with Gasteiger partial charge in [0.15, 0.2) is 0 Å². The van der Waals surface area contributed by atoms with E-state index >= 15 is 0 Å². The molecule has 2 N–H and O–H groups in total. The van der Waals surface area contributed by atoms with Gasteiger partial charge in [-0.1, -0.05) is 47.6 Å². The number of rotatable bonds is 3. The smallest absolute Gasteiger partial charge is 0.326 e. The maximum atomic E-state index is 12.2. The van der Waals surface area contributed by atoms with Crippen molar-refractivity contribution in [2.75, 3.05) is 14.9 Å². The van der Waals surface area contributed by atoms with Crippen molar-refractivity contribution >= 4 is 76.6 Å². The second-order valence-electron chi connectivity index (χ2n) is 4.72. The summed E-state index contributed by atoms with van der Waals surface area (Å²) in [5.74, 6) is -0.181. The lowest BCUT2D eigenvalue weighted by atomic mass is 10.2. The number of hydrogen-bond acceptors (Lipinski definition) is 3. The van der Waals surface area contributed by atoms with Crippen LogP contribution in [0.15, 0.2) is 36.4 Å². The molecule has 2 aromatic rings. The van der Waals surface area contributed by atoms with Crippen LogP contribution in [-0.2, 0) is 4.79 Å². The Kier molecular flexibility index (Phi) is 6.23. The quantitative estimate of drug-likeness (QED) is 0.468. The lowest BCUT2D eigenvalue weighted by Gasteiger charge is -2.17. The number of nitrogens with zero attached hydrogens (tertiary/aromatic N) is 1. The van der Waals surface area contributed by atoms with Crippen molar-refractivity contribution < 1.29 is 9.59 Å². The first-order valence-corrected chi connectivity index (χ1v) is 8.13. The molecule has 0 aliphatic carbocycles. The average Bonchev–Trinajstić information content (AvgIpc) is 2.52. The Labute approximate surface area is 159 Å². The molecule has 0 unspecified atom stereocenters. The highest BCUT2D eigenvalue weighted by Crippen LogP contribution is 2.33. The minimum Gasteiger partial charge on any atom is -0.326 e. The third kappa shape index (κ3) is 4.70. The maximum Gasteiger partial charge on any atom is 0.336 e. The van der Waals surface area contributed by atoms with Crippen LogP contribution in [0.1, 0.15) is 6.92 Å². The van der Waals surface area contributed by atoms with Crippen molar-refractivity contribution in [1.82, 2.24) is 0 Å². The molecule has 5 nitrogen and oxygen atoms in total. The normalized spacial score (nSPS) is 10.2. The van der Waals surface area contributed by atoms with Crippen molar-refractivity contribution in [3.8, 4) is 0 Å². The zero-order valence-electron chi connectivity index (χ0n) is 12.3. The first kappa shape index (κ1) is 18.7. The highest BCUT2D eigenvalue weighted by Gasteiger charge is 2.14. The summed E-state index contributed by atoms with van der Waals surface area (Å²) in [6.07, 6.45) is 0. The van der Waals surface area contributed by atoms with Gasteiger partial charge in [-0.25, -0.2) is 9.10 Å². The molecule has 0 atom stereocenters. The molecule has 24 heavy (non-hydrogen) atoms. The summed E-state index contributed by atoms with van der Waals surface area (Å²) in [6.45, 7) is 1.41. The van der Waals surface area contributed by atoms with Gasteiger partial charge in [0.05, 0.1) is 20.8 Å². The molecular weight excluding hydrogens is 393 g/mol. The number of hydrogen-bond donors (Lipinski definition) is 3. The molecule has 0 aliphatic heterocycles. The monoisotopic (exact) mass is 403 g/mol. The van der Waals surface area contributed by atoms with Crippen LogP contribution in [0.2, 0.25) is 15.1 Å². The standard InChI is InChI=1S/C15H12Cl3N3O2S/c1-8(22)19-9-2-4-11(5-3-9)21(24)15(23)20-10-6-12(16)14(18)13(17)7-10/h2-7,24H,1H3,(H,19,22)(H,20,23). The van der Waals surface area contributed by atoms with E-state index in [2.05, 4.69) is 23.4 Å². The molecule has 0 fully saturated rings. The molecule has 0 aliphatic rings. The zero-order valence-corrected chi connectivity index (χ0v) is 15.5. The van der Waals surface area contributed by atoms with Crippen LogP contribution < -0.4 is 14.9 Å². The number of benzene rings is 2. The van der Waals surface area contributed by atoms with E-state index in [1.54, 1.807) is 24.3 Å². The van der Waals surface area contributed by atoms with Crippen molar-refractivity contribution in [3.63, 3.8) is 0 Å². The van der Waals surface area contributed by atoms with Crippen LogP contribution in [-0.4, -0.2) is 11.9 Å². The van der Waals surface area contributed by atoms with Crippen LogP contribution in [0.4, 0.5) is 21.9 Å². The van der Waals surface area contributed by atoms with Crippen LogP contribution >= 0.6 is 47.6 Å². The number of nitrogens with one attached hydrogen (secondary N) is 2. The fourth-order valence-electron chi connectivity index (χ4n) is 1.81. The number of anilines is 3. The Balaban J connectivity index is 2.10. The number of carbonyl (C=O) groups excluding carboxylic acids is 2. The van der Waals surface area contributed by atoms with E-state index in [1.165, 1.54) is 19.1 Å². The molecule has 2 rings (SSSR count). The summed E-state index contributed by atoms with van der Waals surface area (Å²) in [4.78, 5) is 23.2. The lowest BCUT2D eigenvalue weighted by molar-refractivity contribution is -0.114. The van der Waals surface area contributed by atoms with E-state index in [4.69, 9.17) is 34.8 Å². The van der Waals surface area contributed by atoms with Crippen LogP contribution in [0, 0.1) is 0 Å². The third-order valence-corrected chi connectivity index (χ3v) is 4.47. The summed E-state index contributed by atoms with van der Waals surface area (Å²) in [5, 5.41) is 5.91. The van der Waals surface area contributed by atoms with Gasteiger partial charge in [0.1, 0.15) is 0 Å². The minimum atomic E-state index is -0.514. The molecule has 9 heteroatoms. The Morgan fingerprint density at radius 2 is 1.50 bits per heavy atom. The molecular formula is C15H12Cl3N3O2S. The largest absolute Gasteiger partial charge is 0.336 e. The zero-order chi connectivity index (χ0) is 17.9. The van der Waals surface area contributed by atoms with Crippen LogP contribution in [0.3, 0.4) is 0 Å². The van der Waals surface area contributed by atoms with E-state index in [1.807, 2.05) is 0 Å². The maximum absolute atomic E-state index is 12.2. The second-order valence-corrected chi connectivity index (χ2v) is 6.32. The van der Waals surface area contributed by atoms with Gasteiger partial charge in [0.25, 0.3) is 0 Å². The van der Waals surface area contributed by atoms with E-state index in [0.717, 1.165) is 4.31 Å². The van der Waals surface area contributed by atoms with Crippen molar-refractivity contribution in [1.29, 1.82) is 0 Å². The van der Waals surface area contributed by atoms with Crippen LogP contribution in [0.25, 0.3) is 0 Å². The fourth-order valence-corrected chi connectivity index (χ4v) is 2.59. The predicted molar refractivity (Wildman–Crippen MR) is 103 cm³/mol. The first-order chi connectivity index (χ1) is 11.3.